The molecule has 0 spiro atoms. The lowest BCUT2D eigenvalue weighted by molar-refractivity contribution is 0.590. The second-order valence-corrected chi connectivity index (χ2v) is 4.12. The summed E-state index contributed by atoms with van der Waals surface area (Å²) in [5, 5.41) is 19.0. The van der Waals surface area contributed by atoms with Crippen molar-refractivity contribution in [2.75, 3.05) is 12.0 Å². The number of amidine groups is 1. The number of aromatic nitrogens is 2. The predicted molar refractivity (Wildman–Crippen MR) is 73.5 cm³/mol. The zero-order valence-electron chi connectivity index (χ0n) is 9.99. The highest BCUT2D eigenvalue weighted by atomic mass is 32.2. The van der Waals surface area contributed by atoms with Crippen molar-refractivity contribution in [1.29, 1.82) is 5.26 Å². The van der Waals surface area contributed by atoms with Crippen LogP contribution in [0.5, 0.6) is 0 Å². The van der Waals surface area contributed by atoms with Crippen molar-refractivity contribution in [1.82, 2.24) is 15.5 Å². The van der Waals surface area contributed by atoms with Crippen LogP contribution in [0.25, 0.3) is 11.5 Å². The van der Waals surface area contributed by atoms with Crippen LogP contribution in [0.3, 0.4) is 0 Å². The van der Waals surface area contributed by atoms with E-state index in [1.165, 1.54) is 11.8 Å². The zero-order valence-corrected chi connectivity index (χ0v) is 10.8. The van der Waals surface area contributed by atoms with E-state index < -0.39 is 0 Å². The Labute approximate surface area is 113 Å². The van der Waals surface area contributed by atoms with Crippen LogP contribution in [0.4, 0.5) is 11.7 Å². The van der Waals surface area contributed by atoms with Gasteiger partial charge in [0.25, 0.3) is 5.89 Å². The number of nitrogens with two attached hydrogens (primary N) is 1. The molecule has 0 fully saturated rings. The van der Waals surface area contributed by atoms with Crippen LogP contribution in [-0.4, -0.2) is 21.6 Å². The molecule has 0 saturated carbocycles. The Morgan fingerprint density at radius 2 is 2.26 bits per heavy atom. The van der Waals surface area contributed by atoms with Gasteiger partial charge in [-0.25, -0.2) is 4.99 Å². The Morgan fingerprint density at radius 1 is 1.47 bits per heavy atom. The van der Waals surface area contributed by atoms with E-state index in [9.17, 15) is 0 Å². The molecule has 0 aliphatic rings. The minimum Gasteiger partial charge on any atom is -0.403 e. The van der Waals surface area contributed by atoms with E-state index in [2.05, 4.69) is 20.5 Å². The van der Waals surface area contributed by atoms with Crippen LogP contribution >= 0.6 is 11.8 Å². The molecule has 0 amide bonds. The van der Waals surface area contributed by atoms with Crippen LogP contribution in [0.2, 0.25) is 0 Å². The van der Waals surface area contributed by atoms with Crippen molar-refractivity contribution in [3.05, 3.63) is 24.3 Å². The maximum atomic E-state index is 8.62. The van der Waals surface area contributed by atoms with Gasteiger partial charge in [-0.3, -0.25) is 5.32 Å². The van der Waals surface area contributed by atoms with Gasteiger partial charge in [-0.2, -0.15) is 5.26 Å². The number of hydrogen-bond donors (Lipinski definition) is 2. The topological polar surface area (TPSA) is 113 Å². The molecule has 0 aliphatic heterocycles. The molecular formula is C11H10N6OS. The quantitative estimate of drug-likeness (QED) is 0.371. The molecule has 1 aromatic carbocycles. The first kappa shape index (κ1) is 12.9. The summed E-state index contributed by atoms with van der Waals surface area (Å²) in [7, 11) is 0. The number of hydrogen-bond acceptors (Lipinski definition) is 7. The number of nitrogen functional groups attached to an aromatic ring is 1. The number of nitriles is 1. The molecule has 19 heavy (non-hydrogen) atoms. The highest BCUT2D eigenvalue weighted by Crippen LogP contribution is 2.29. The molecule has 1 heterocycles. The maximum Gasteiger partial charge on any atom is 0.313 e. The fourth-order valence-corrected chi connectivity index (χ4v) is 1.71. The average molecular weight is 274 g/mol. The molecule has 0 radical (unpaired) electrons. The number of para-hydroxylation sites is 1. The lowest BCUT2D eigenvalue weighted by atomic mass is 10.2. The number of anilines is 1. The van der Waals surface area contributed by atoms with E-state index in [-0.39, 0.29) is 11.9 Å². The summed E-state index contributed by atoms with van der Waals surface area (Å²) in [6, 6.07) is 7.22. The normalized spacial score (nSPS) is 11.1. The number of aliphatic imine (C=N–C) groups is 1. The van der Waals surface area contributed by atoms with Gasteiger partial charge in [0.05, 0.1) is 11.3 Å². The van der Waals surface area contributed by atoms with Gasteiger partial charge in [-0.1, -0.05) is 29.0 Å². The lowest BCUT2D eigenvalue weighted by Crippen LogP contribution is -2.12. The SMILES string of the molecule is CSC(=Nc1ccccc1-c1nnc(N)o1)NC#N. The largest absolute Gasteiger partial charge is 0.403 e. The molecule has 1 aromatic heterocycles. The molecule has 0 unspecified atom stereocenters. The van der Waals surface area contributed by atoms with Gasteiger partial charge in [-0.05, 0) is 18.4 Å². The summed E-state index contributed by atoms with van der Waals surface area (Å²) in [5.41, 5.74) is 6.67. The van der Waals surface area contributed by atoms with Crippen LogP contribution in [0, 0.1) is 11.5 Å². The summed E-state index contributed by atoms with van der Waals surface area (Å²) in [6.45, 7) is 0. The van der Waals surface area contributed by atoms with Crippen LogP contribution in [-0.2, 0) is 0 Å². The van der Waals surface area contributed by atoms with Crippen molar-refractivity contribution in [3.63, 3.8) is 0 Å². The number of nitrogens with one attached hydrogen (secondary N) is 1. The summed E-state index contributed by atoms with van der Waals surface area (Å²) in [4.78, 5) is 4.33. The first-order chi connectivity index (χ1) is 9.24. The van der Waals surface area contributed by atoms with Gasteiger partial charge in [0.1, 0.15) is 0 Å². The second kappa shape index (κ2) is 5.88. The Morgan fingerprint density at radius 3 is 2.89 bits per heavy atom. The third-order valence-corrected chi connectivity index (χ3v) is 2.73. The molecule has 0 aliphatic carbocycles. The van der Waals surface area contributed by atoms with Crippen LogP contribution < -0.4 is 11.1 Å². The van der Waals surface area contributed by atoms with Crippen LogP contribution in [0.1, 0.15) is 0 Å². The van der Waals surface area contributed by atoms with Gasteiger partial charge in [0, 0.05) is 0 Å². The van der Waals surface area contributed by atoms with E-state index in [0.29, 0.717) is 16.4 Å². The first-order valence-electron chi connectivity index (χ1n) is 5.20. The first-order valence-corrected chi connectivity index (χ1v) is 6.43. The summed E-state index contributed by atoms with van der Waals surface area (Å²) < 4.78 is 5.18. The third kappa shape index (κ3) is 3.02. The second-order valence-electron chi connectivity index (χ2n) is 3.32. The number of nitrogens with zero attached hydrogens (tertiary/aromatic N) is 4. The summed E-state index contributed by atoms with van der Waals surface area (Å²) in [6.07, 6.45) is 3.65. The lowest BCUT2D eigenvalue weighted by Gasteiger charge is -2.03. The number of thioether (sulfide) groups is 1. The predicted octanol–water partition coefficient (Wildman–Crippen LogP) is 1.74. The minimum absolute atomic E-state index is 0.00553. The molecule has 96 valence electrons. The minimum atomic E-state index is -0.00553. The van der Waals surface area contributed by atoms with E-state index in [4.69, 9.17) is 15.4 Å². The number of rotatable bonds is 2. The van der Waals surface area contributed by atoms with E-state index in [1.54, 1.807) is 12.1 Å². The van der Waals surface area contributed by atoms with Crippen molar-refractivity contribution in [2.24, 2.45) is 4.99 Å². The van der Waals surface area contributed by atoms with Gasteiger partial charge in [-0.15, -0.1) is 5.10 Å². The Kier molecular flexibility index (Phi) is 4.00. The van der Waals surface area contributed by atoms with E-state index in [0.717, 1.165) is 0 Å². The van der Waals surface area contributed by atoms with E-state index in [1.807, 2.05) is 24.6 Å². The Bertz CT molecular complexity index is 645. The zero-order chi connectivity index (χ0) is 13.7. The molecule has 2 rings (SSSR count). The van der Waals surface area contributed by atoms with Crippen molar-refractivity contribution in [2.45, 2.75) is 0 Å². The summed E-state index contributed by atoms with van der Waals surface area (Å²) >= 11 is 1.32. The Hall–Kier alpha value is -2.53. The molecule has 8 heteroatoms. The molecule has 2 aromatic rings. The highest BCUT2D eigenvalue weighted by molar-refractivity contribution is 8.13. The van der Waals surface area contributed by atoms with Gasteiger partial charge >= 0.3 is 6.01 Å². The molecule has 0 saturated heterocycles. The molecule has 3 N–H and O–H groups in total. The fourth-order valence-electron chi connectivity index (χ4n) is 1.38. The highest BCUT2D eigenvalue weighted by Gasteiger charge is 2.11. The van der Waals surface area contributed by atoms with Gasteiger partial charge in [0.2, 0.25) is 0 Å². The van der Waals surface area contributed by atoms with Crippen molar-refractivity contribution < 1.29 is 4.42 Å². The van der Waals surface area contributed by atoms with E-state index >= 15 is 0 Å². The van der Waals surface area contributed by atoms with Gasteiger partial charge < -0.3 is 10.2 Å². The van der Waals surface area contributed by atoms with Crippen LogP contribution in [0.15, 0.2) is 33.7 Å². The molecular weight excluding hydrogens is 264 g/mol. The smallest absolute Gasteiger partial charge is 0.313 e. The molecule has 0 atom stereocenters. The molecule has 0 bridgehead atoms. The fraction of sp³-hybridized carbons (Fsp3) is 0.0909. The van der Waals surface area contributed by atoms with Crippen molar-refractivity contribution >= 4 is 28.6 Å². The van der Waals surface area contributed by atoms with Gasteiger partial charge in [0.15, 0.2) is 11.4 Å². The van der Waals surface area contributed by atoms with Crippen molar-refractivity contribution in [3.8, 4) is 17.6 Å². The standard InChI is InChI=1S/C11H10N6OS/c1-19-11(14-6-12)15-8-5-3-2-4-7(8)9-16-17-10(13)18-9/h2-5H,1H3,(H2,13,17)(H,14,15). The average Bonchev–Trinajstić information content (AvgIpc) is 2.85. The monoisotopic (exact) mass is 274 g/mol. The molecule has 7 nitrogen and oxygen atoms in total. The summed E-state index contributed by atoms with van der Waals surface area (Å²) in [5.74, 6) is 0.286. The number of benzene rings is 1. The third-order valence-electron chi connectivity index (χ3n) is 2.15. The Balaban J connectivity index is 2.45. The maximum absolute atomic E-state index is 8.62.